The Bertz CT molecular complexity index is 3980. The van der Waals surface area contributed by atoms with Gasteiger partial charge in [0.25, 0.3) is 0 Å². The maximum Gasteiger partial charge on any atom is 0.336 e. The van der Waals surface area contributed by atoms with Gasteiger partial charge in [0.05, 0.1) is 80.8 Å². The molecule has 49 atom stereocenters. The number of carbonyl (C=O) groups is 3. The van der Waals surface area contributed by atoms with Gasteiger partial charge >= 0.3 is 11.9 Å². The van der Waals surface area contributed by atoms with E-state index in [-0.39, 0.29) is 49.5 Å². The molecule has 0 spiro atoms. The highest BCUT2D eigenvalue weighted by molar-refractivity contribution is 5.89. The summed E-state index contributed by atoms with van der Waals surface area (Å²) in [4.78, 5) is 44.7. The first kappa shape index (κ1) is 105. The Balaban J connectivity index is 0.799. The van der Waals surface area contributed by atoms with Crippen LogP contribution in [-0.2, 0) is 90.2 Å². The monoisotopic (exact) mass is 1900 g/mol. The molecule has 0 aromatic carbocycles. The van der Waals surface area contributed by atoms with Crippen molar-refractivity contribution in [2.45, 2.75) is 398 Å². The van der Waals surface area contributed by atoms with Crippen molar-refractivity contribution in [1.82, 2.24) is 5.32 Å². The fourth-order valence-corrected chi connectivity index (χ4v) is 23.7. The SMILES string of the molecule is C=CC(C)(CCC=C(CO)C(=O)OC1CC2(C(=O)OC3OC(CO)C(O)C(O)C3OC3OC(C)C(OC4OC(CO)C(O)C4O)C(OC4CC(CO)C(O)C(O)C4O)C3O)C(O)CC3(C)C(=CCC4C5(C)CCC(OC6OC(COC7OC(O)C(O)C(O)C7OC7OCC(O)C(O)C7O)C(O)C(O)C6NC(C)=O)C(C)(C)C5CCC43C)C2CC1(C)C)OC1OC(C)C(O)C(O)C1O. The van der Waals surface area contributed by atoms with Gasteiger partial charge in [-0.2, -0.15) is 0 Å². The summed E-state index contributed by atoms with van der Waals surface area (Å²) in [5.41, 5.74) is -7.34. The van der Waals surface area contributed by atoms with Gasteiger partial charge in [0.2, 0.25) is 12.2 Å². The number of allylic oxidation sites excluding steroid dienone is 3. The van der Waals surface area contributed by atoms with Crippen molar-refractivity contribution in [3.05, 3.63) is 36.0 Å². The minimum atomic E-state index is -2.25. The van der Waals surface area contributed by atoms with Crippen LogP contribution in [0.25, 0.3) is 0 Å². The quantitative estimate of drug-likeness (QED) is 0.0150. The standard InChI is InChI=1S/C88H141NO43/c1-13-84(9,132-78-66(112)59(105)51(97)33(2)119-78)20-14-15-36(27-90)72(114)125-49-26-88(81(116)131-80-71(61(107)55(101)42(29-92)123-80)129-77-67(113)69(121-41-23-37(28-91)52(98)60(106)54(41)100)68(34(3)120-77)127-76-65(111)56(102)43(30-93)122-76)39(24-82(49,5)6)38-16-17-46-85(10)21-19-48(83(7,8)45(85)18-22-86(46,11)87(38,12)25-47(88)96)126-74-50(89-35(4)94)58(104)57(103)44(124-74)32-118-79-70(62(108)63(109)73(115)130-79)128-75-64(110)53(99)40(95)31-117-75/h13,15-16,33-34,37,39-71,73-80,90-93,95-113,115H,1,14,17-32H2,2-12H3,(H,89,94). The van der Waals surface area contributed by atoms with E-state index in [0.29, 0.717) is 32.1 Å². The summed E-state index contributed by atoms with van der Waals surface area (Å²) in [7, 11) is 0. The van der Waals surface area contributed by atoms with Gasteiger partial charge in [0.15, 0.2) is 50.1 Å². The second kappa shape index (κ2) is 41.0. The summed E-state index contributed by atoms with van der Waals surface area (Å²) in [5, 5.41) is 270. The van der Waals surface area contributed by atoms with Gasteiger partial charge in [-0.15, -0.1) is 6.58 Å². The molecule has 12 fully saturated rings. The molecule has 7 heterocycles. The van der Waals surface area contributed by atoms with Crippen LogP contribution in [0, 0.1) is 56.2 Å². The molecule has 25 N–H and O–H groups in total. The normalized spacial score (nSPS) is 50.7. The van der Waals surface area contributed by atoms with Crippen LogP contribution < -0.4 is 5.32 Å². The molecular weight excluding hydrogens is 1760 g/mol. The molecule has 5 saturated carbocycles. The van der Waals surface area contributed by atoms with E-state index in [1.807, 2.05) is 20.8 Å². The summed E-state index contributed by atoms with van der Waals surface area (Å²) in [6, 6.07) is -1.40. The molecule has 0 bridgehead atoms. The van der Waals surface area contributed by atoms with Crippen LogP contribution >= 0.6 is 0 Å². The van der Waals surface area contributed by atoms with Crippen molar-refractivity contribution in [1.29, 1.82) is 0 Å². The van der Waals surface area contributed by atoms with Crippen LogP contribution in [0.4, 0.5) is 0 Å². The lowest BCUT2D eigenvalue weighted by Gasteiger charge is -2.72. The number of aliphatic hydroxyl groups excluding tert-OH is 24. The van der Waals surface area contributed by atoms with Crippen LogP contribution in [0.1, 0.15) is 147 Å². The molecular formula is C88H141NO43. The van der Waals surface area contributed by atoms with Crippen molar-refractivity contribution in [3.8, 4) is 0 Å². The maximum atomic E-state index is 16.8. The smallest absolute Gasteiger partial charge is 0.336 e. The first-order chi connectivity index (χ1) is 61.9. The Labute approximate surface area is 762 Å². The zero-order valence-electron chi connectivity index (χ0n) is 75.9. The number of nitrogens with one attached hydrogen (secondary N) is 1. The highest BCUT2D eigenvalue weighted by atomic mass is 16.8. The number of fused-ring (bicyclic) bond motifs is 7. The number of esters is 2. The molecule has 0 aromatic rings. The van der Waals surface area contributed by atoms with Crippen LogP contribution in [0.2, 0.25) is 0 Å². The van der Waals surface area contributed by atoms with Gasteiger partial charge in [-0.3, -0.25) is 9.59 Å². The van der Waals surface area contributed by atoms with E-state index in [4.69, 9.17) is 75.8 Å². The Kier molecular flexibility index (Phi) is 32.7. The fraction of sp³-hybridized carbons (Fsp3) is 0.898. The number of carbonyl (C=O) groups excluding carboxylic acids is 3. The summed E-state index contributed by atoms with van der Waals surface area (Å²) in [6.45, 7) is 19.0. The van der Waals surface area contributed by atoms with E-state index in [1.165, 1.54) is 32.9 Å². The van der Waals surface area contributed by atoms with E-state index < -0.39 is 359 Å². The van der Waals surface area contributed by atoms with Crippen molar-refractivity contribution in [3.63, 3.8) is 0 Å². The van der Waals surface area contributed by atoms with Gasteiger partial charge in [-0.1, -0.05) is 72.3 Å². The van der Waals surface area contributed by atoms with Gasteiger partial charge in [-0.05, 0) is 124 Å². The molecule has 49 unspecified atom stereocenters. The summed E-state index contributed by atoms with van der Waals surface area (Å²) in [6.07, 6.45) is -61.5. The Morgan fingerprint density at radius 2 is 1.13 bits per heavy atom. The Morgan fingerprint density at radius 3 is 1.78 bits per heavy atom. The van der Waals surface area contributed by atoms with Crippen molar-refractivity contribution >= 4 is 17.8 Å². The van der Waals surface area contributed by atoms with Gasteiger partial charge in [-0.25, -0.2) is 4.79 Å². The second-order valence-electron chi connectivity index (χ2n) is 40.9. The summed E-state index contributed by atoms with van der Waals surface area (Å²) >= 11 is 0. The Morgan fingerprint density at radius 1 is 0.538 bits per heavy atom. The third kappa shape index (κ3) is 19.5. The Hall–Kier alpha value is -3.89. The predicted molar refractivity (Wildman–Crippen MR) is 440 cm³/mol. The molecule has 132 heavy (non-hydrogen) atoms. The molecule has 7 saturated heterocycles. The maximum absolute atomic E-state index is 16.8. The zero-order valence-corrected chi connectivity index (χ0v) is 75.9. The lowest BCUT2D eigenvalue weighted by molar-refractivity contribution is -0.383. The predicted octanol–water partition coefficient (Wildman–Crippen LogP) is -7.51. The molecule has 0 aromatic heterocycles. The lowest BCUT2D eigenvalue weighted by Crippen LogP contribution is -2.70. The zero-order chi connectivity index (χ0) is 97.0. The molecule has 44 heteroatoms. The number of aliphatic hydroxyl groups is 24. The number of amides is 1. The van der Waals surface area contributed by atoms with Crippen LogP contribution in [0.15, 0.2) is 36.0 Å². The average Bonchev–Trinajstić information content (AvgIpc) is 0.700. The van der Waals surface area contributed by atoms with Gasteiger partial charge in [0, 0.05) is 31.3 Å². The van der Waals surface area contributed by atoms with E-state index >= 15 is 4.79 Å². The van der Waals surface area contributed by atoms with E-state index in [9.17, 15) is 132 Å². The van der Waals surface area contributed by atoms with Crippen molar-refractivity contribution < 1.29 is 213 Å². The number of hydrogen-bond donors (Lipinski definition) is 25. The topological polar surface area (TPSA) is 696 Å². The van der Waals surface area contributed by atoms with E-state index in [1.54, 1.807) is 20.8 Å². The number of hydrogen-bond acceptors (Lipinski definition) is 43. The van der Waals surface area contributed by atoms with E-state index in [0.717, 1.165) is 5.57 Å². The highest BCUT2D eigenvalue weighted by Crippen LogP contribution is 2.76. The fourth-order valence-electron chi connectivity index (χ4n) is 23.7. The molecule has 44 nitrogen and oxygen atoms in total. The molecule has 1 amide bonds. The molecule has 756 valence electrons. The van der Waals surface area contributed by atoms with Crippen LogP contribution in [-0.4, -0.2) is 431 Å². The minimum Gasteiger partial charge on any atom is -0.458 e. The third-order valence-electron chi connectivity index (χ3n) is 32.1. The van der Waals surface area contributed by atoms with Crippen molar-refractivity contribution in [2.75, 3.05) is 39.6 Å². The molecule has 13 rings (SSSR count). The van der Waals surface area contributed by atoms with Crippen molar-refractivity contribution in [2.24, 2.45) is 56.2 Å². The second-order valence-corrected chi connectivity index (χ2v) is 40.9. The lowest BCUT2D eigenvalue weighted by atomic mass is 9.33. The summed E-state index contributed by atoms with van der Waals surface area (Å²) in [5.74, 6) is -5.45. The minimum absolute atomic E-state index is 0.0184. The number of ether oxygens (including phenoxy) is 16. The third-order valence-corrected chi connectivity index (χ3v) is 32.1. The molecule has 13 aliphatic rings. The van der Waals surface area contributed by atoms with Crippen LogP contribution in [0.5, 0.6) is 0 Å². The first-order valence-electron chi connectivity index (χ1n) is 45.8. The van der Waals surface area contributed by atoms with Gasteiger partial charge in [0.1, 0.15) is 158 Å². The van der Waals surface area contributed by atoms with E-state index in [2.05, 4.69) is 31.8 Å². The number of rotatable bonds is 28. The largest absolute Gasteiger partial charge is 0.458 e. The first-order valence-corrected chi connectivity index (χ1v) is 45.8. The molecule has 0 radical (unpaired) electrons. The van der Waals surface area contributed by atoms with Gasteiger partial charge < -0.3 is 204 Å². The molecule has 7 aliphatic heterocycles. The summed E-state index contributed by atoms with van der Waals surface area (Å²) < 4.78 is 98.0. The highest BCUT2D eigenvalue weighted by Gasteiger charge is 2.74. The molecule has 6 aliphatic carbocycles. The van der Waals surface area contributed by atoms with Crippen LogP contribution in [0.3, 0.4) is 0 Å². The average molecular weight is 1900 g/mol.